The predicted octanol–water partition coefficient (Wildman–Crippen LogP) is 2.58. The molecule has 0 amide bonds. The third-order valence-corrected chi connectivity index (χ3v) is 2.87. The van der Waals surface area contributed by atoms with E-state index in [1.165, 1.54) is 0 Å². The molecule has 0 spiro atoms. The Morgan fingerprint density at radius 2 is 1.95 bits per heavy atom. The van der Waals surface area contributed by atoms with Gasteiger partial charge in [0.1, 0.15) is 18.5 Å². The normalized spacial score (nSPS) is 14.2. The van der Waals surface area contributed by atoms with Crippen molar-refractivity contribution in [1.29, 1.82) is 0 Å². The third-order valence-electron chi connectivity index (χ3n) is 2.87. The van der Waals surface area contributed by atoms with E-state index in [0.29, 0.717) is 6.54 Å². The zero-order valence-corrected chi connectivity index (χ0v) is 11.4. The van der Waals surface area contributed by atoms with Crippen molar-refractivity contribution in [3.8, 4) is 5.75 Å². The fourth-order valence-corrected chi connectivity index (χ4v) is 1.89. The third kappa shape index (κ3) is 3.94. The molecule has 3 heteroatoms. The maximum absolute atomic E-state index is 9.88. The van der Waals surface area contributed by atoms with Crippen molar-refractivity contribution in [2.45, 2.75) is 26.0 Å². The van der Waals surface area contributed by atoms with E-state index in [1.807, 2.05) is 42.5 Å². The minimum Gasteiger partial charge on any atom is -0.490 e. The maximum atomic E-state index is 9.88. The Morgan fingerprint density at radius 3 is 2.74 bits per heavy atom. The number of nitrogens with one attached hydrogen (secondary N) is 1. The Labute approximate surface area is 115 Å². The van der Waals surface area contributed by atoms with E-state index in [-0.39, 0.29) is 6.61 Å². The summed E-state index contributed by atoms with van der Waals surface area (Å²) in [5.74, 6) is 0.771. The molecule has 2 aromatic carbocycles. The van der Waals surface area contributed by atoms with E-state index in [1.54, 1.807) is 13.8 Å². The van der Waals surface area contributed by atoms with Gasteiger partial charge in [-0.3, -0.25) is 0 Å². The van der Waals surface area contributed by atoms with Crippen LogP contribution in [0.3, 0.4) is 0 Å². The Morgan fingerprint density at radius 1 is 1.21 bits per heavy atom. The maximum Gasteiger partial charge on any atom is 0.127 e. The van der Waals surface area contributed by atoms with Crippen LogP contribution in [0.15, 0.2) is 42.5 Å². The number of aliphatic hydroxyl groups excluding tert-OH is 1. The van der Waals surface area contributed by atoms with Crippen LogP contribution >= 0.6 is 0 Å². The highest BCUT2D eigenvalue weighted by Crippen LogP contribution is 2.25. The van der Waals surface area contributed by atoms with E-state index < -0.39 is 12.1 Å². The highest BCUT2D eigenvalue weighted by molar-refractivity contribution is 5.88. The number of hydrogen-bond acceptors (Lipinski definition) is 3. The Hall–Kier alpha value is -1.58. The molecule has 0 heterocycles. The molecular weight excluding hydrogens is 238 g/mol. The first-order chi connectivity index (χ1) is 9.46. The molecule has 0 bridgehead atoms. The highest BCUT2D eigenvalue weighted by atomic mass is 16.5. The smallest absolute Gasteiger partial charge is 0.127 e. The second-order valence-corrected chi connectivity index (χ2v) is 4.82. The molecular formula is C16H21NO2. The van der Waals surface area contributed by atoms with Gasteiger partial charge < -0.3 is 15.2 Å². The number of rotatable bonds is 6. The van der Waals surface area contributed by atoms with Crippen LogP contribution in [0, 0.1) is 0 Å². The van der Waals surface area contributed by atoms with Crippen molar-refractivity contribution < 1.29 is 11.2 Å². The topological polar surface area (TPSA) is 41.5 Å². The lowest BCUT2D eigenvalue weighted by Crippen LogP contribution is -2.35. The summed E-state index contributed by atoms with van der Waals surface area (Å²) in [6.45, 7) is 4.02. The number of hydrogen-bond donors (Lipinski definition) is 2. The van der Waals surface area contributed by atoms with Gasteiger partial charge in [0, 0.05) is 19.3 Å². The molecule has 1 atom stereocenters. The molecule has 0 aliphatic rings. The van der Waals surface area contributed by atoms with Gasteiger partial charge >= 0.3 is 0 Å². The number of fused-ring (bicyclic) bond motifs is 1. The van der Waals surface area contributed by atoms with Crippen LogP contribution in [0.25, 0.3) is 10.8 Å². The number of ether oxygens (including phenoxy) is 1. The lowest BCUT2D eigenvalue weighted by atomic mass is 10.1. The van der Waals surface area contributed by atoms with E-state index >= 15 is 0 Å². The largest absolute Gasteiger partial charge is 0.490 e. The average molecular weight is 260 g/mol. The van der Waals surface area contributed by atoms with E-state index in [2.05, 4.69) is 5.32 Å². The molecule has 2 rings (SSSR count). The Kier molecular flexibility index (Phi) is 4.29. The highest BCUT2D eigenvalue weighted by Gasteiger charge is 2.07. The molecule has 19 heavy (non-hydrogen) atoms. The van der Waals surface area contributed by atoms with Gasteiger partial charge in [-0.05, 0) is 11.5 Å². The van der Waals surface area contributed by atoms with E-state index in [4.69, 9.17) is 6.11 Å². The molecule has 0 aliphatic heterocycles. The summed E-state index contributed by atoms with van der Waals surface area (Å²) >= 11 is 0. The lowest BCUT2D eigenvalue weighted by Gasteiger charge is -2.15. The molecule has 0 saturated carbocycles. The zero-order chi connectivity index (χ0) is 14.6. The molecule has 0 fully saturated rings. The minimum atomic E-state index is -0.750. The fraction of sp³-hybridized carbons (Fsp3) is 0.375. The second kappa shape index (κ2) is 6.55. The number of benzene rings is 2. The molecule has 2 aromatic rings. The van der Waals surface area contributed by atoms with Gasteiger partial charge in [-0.25, -0.2) is 0 Å². The van der Waals surface area contributed by atoms with Crippen molar-refractivity contribution in [3.63, 3.8) is 0 Å². The van der Waals surface area contributed by atoms with Crippen molar-refractivity contribution >= 4 is 10.8 Å². The first kappa shape index (κ1) is 12.5. The molecule has 0 saturated heterocycles. The summed E-state index contributed by atoms with van der Waals surface area (Å²) < 4.78 is 13.4. The van der Waals surface area contributed by atoms with Gasteiger partial charge in [-0.1, -0.05) is 50.2 Å². The quantitative estimate of drug-likeness (QED) is 0.839. The molecule has 0 radical (unpaired) electrons. The van der Waals surface area contributed by atoms with Crippen molar-refractivity contribution in [3.05, 3.63) is 42.5 Å². The fourth-order valence-electron chi connectivity index (χ4n) is 1.89. The van der Waals surface area contributed by atoms with Crippen LogP contribution in [-0.2, 0) is 0 Å². The molecule has 102 valence electrons. The molecule has 0 aromatic heterocycles. The van der Waals surface area contributed by atoms with Crippen molar-refractivity contribution in [2.24, 2.45) is 0 Å². The molecule has 0 aliphatic carbocycles. The molecule has 2 N–H and O–H groups in total. The summed E-state index contributed by atoms with van der Waals surface area (Å²) in [5.41, 5.74) is 0. The van der Waals surface area contributed by atoms with Crippen molar-refractivity contribution in [2.75, 3.05) is 13.2 Å². The van der Waals surface area contributed by atoms with E-state index in [9.17, 15) is 5.11 Å². The van der Waals surface area contributed by atoms with Crippen LogP contribution in [-0.4, -0.2) is 30.4 Å². The molecule has 3 nitrogen and oxygen atoms in total. The van der Waals surface area contributed by atoms with Gasteiger partial charge in [0.2, 0.25) is 0 Å². The SMILES string of the molecule is [2H]C(C)(C)NCC(O)COc1cccc2ccccc12. The van der Waals surface area contributed by atoms with Gasteiger partial charge in [0.05, 0.1) is 0 Å². The molecule has 1 unspecified atom stereocenters. The van der Waals surface area contributed by atoms with Crippen molar-refractivity contribution in [1.82, 2.24) is 5.32 Å². The van der Waals surface area contributed by atoms with Gasteiger partial charge in [0.15, 0.2) is 0 Å². The zero-order valence-electron chi connectivity index (χ0n) is 12.4. The monoisotopic (exact) mass is 260 g/mol. The Balaban J connectivity index is 1.96. The second-order valence-electron chi connectivity index (χ2n) is 4.82. The van der Waals surface area contributed by atoms with E-state index in [0.717, 1.165) is 16.5 Å². The summed E-state index contributed by atoms with van der Waals surface area (Å²) in [6, 6.07) is 13.1. The van der Waals surface area contributed by atoms with Crippen LogP contribution < -0.4 is 10.1 Å². The number of aliphatic hydroxyl groups is 1. The summed E-state index contributed by atoms with van der Waals surface area (Å²) in [5, 5.41) is 15.0. The van der Waals surface area contributed by atoms with Crippen LogP contribution in [0.1, 0.15) is 15.2 Å². The Bertz CT molecular complexity index is 560. The van der Waals surface area contributed by atoms with Gasteiger partial charge in [0.25, 0.3) is 0 Å². The first-order valence-corrected chi connectivity index (χ1v) is 6.49. The summed E-state index contributed by atoms with van der Waals surface area (Å²) in [7, 11) is 0. The standard InChI is InChI=1S/C16H21NO2/c1-12(2)17-10-14(18)11-19-16-9-5-7-13-6-3-4-8-15(13)16/h3-9,12,14,17-18H,10-11H2,1-2H3/i12D. The minimum absolute atomic E-state index is 0.205. The predicted molar refractivity (Wildman–Crippen MR) is 78.6 cm³/mol. The van der Waals surface area contributed by atoms with Gasteiger partial charge in [-0.2, -0.15) is 0 Å². The van der Waals surface area contributed by atoms with Crippen LogP contribution in [0.4, 0.5) is 0 Å². The first-order valence-electron chi connectivity index (χ1n) is 6.99. The summed E-state index contributed by atoms with van der Waals surface area (Å²) in [6.07, 6.45) is -0.640. The summed E-state index contributed by atoms with van der Waals surface area (Å²) in [4.78, 5) is 0. The lowest BCUT2D eigenvalue weighted by molar-refractivity contribution is 0.105. The van der Waals surface area contributed by atoms with Crippen LogP contribution in [0.5, 0.6) is 5.75 Å². The van der Waals surface area contributed by atoms with Gasteiger partial charge in [-0.15, -0.1) is 0 Å². The van der Waals surface area contributed by atoms with Crippen LogP contribution in [0.2, 0.25) is 0 Å². The average Bonchev–Trinajstić information content (AvgIpc) is 2.42.